The van der Waals surface area contributed by atoms with Gasteiger partial charge in [-0.3, -0.25) is 9.80 Å². The lowest BCUT2D eigenvalue weighted by molar-refractivity contribution is -0.155. The standard InChI is InChI=1S/C32H40F5N3O/c1-21(2)18-38-11-4-8-31(9-5-12-38)10-13-39(19-31)24-16-27(33)29(28(34)17-24)30-26-7-6-25(41)15-23(26)14-22(3)40(30)20-32(35,36)37/h6-7,15-17,22,30,41H,1,4-5,8-14,18-20H2,2-3H3/t22-,30?/m1/s1. The maximum Gasteiger partial charge on any atom is 0.401 e. The minimum absolute atomic E-state index is 0.0315. The largest absolute Gasteiger partial charge is 0.508 e. The van der Waals surface area contributed by atoms with Crippen molar-refractivity contribution in [3.05, 3.63) is 70.8 Å². The second-order valence-electron chi connectivity index (χ2n) is 12.6. The Morgan fingerprint density at radius 1 is 1.02 bits per heavy atom. The maximum absolute atomic E-state index is 15.9. The lowest BCUT2D eigenvalue weighted by atomic mass is 9.77. The highest BCUT2D eigenvalue weighted by molar-refractivity contribution is 5.53. The smallest absolute Gasteiger partial charge is 0.401 e. The minimum atomic E-state index is -4.54. The molecule has 0 radical (unpaired) electrons. The average molecular weight is 578 g/mol. The average Bonchev–Trinajstić information content (AvgIpc) is 3.27. The Morgan fingerprint density at radius 3 is 2.29 bits per heavy atom. The van der Waals surface area contributed by atoms with E-state index in [2.05, 4.69) is 11.5 Å². The monoisotopic (exact) mass is 577 g/mol. The third-order valence-electron chi connectivity index (χ3n) is 9.19. The van der Waals surface area contributed by atoms with Crippen LogP contribution in [-0.4, -0.2) is 66.4 Å². The predicted molar refractivity (Wildman–Crippen MR) is 151 cm³/mol. The summed E-state index contributed by atoms with van der Waals surface area (Å²) in [4.78, 5) is 5.60. The Labute approximate surface area is 239 Å². The van der Waals surface area contributed by atoms with Gasteiger partial charge in [0.15, 0.2) is 0 Å². The molecule has 2 atom stereocenters. The first-order valence-corrected chi connectivity index (χ1v) is 14.6. The van der Waals surface area contributed by atoms with Gasteiger partial charge in [0.2, 0.25) is 0 Å². The van der Waals surface area contributed by atoms with E-state index in [-0.39, 0.29) is 23.1 Å². The molecule has 9 heteroatoms. The van der Waals surface area contributed by atoms with Gasteiger partial charge in [-0.05, 0) is 106 Å². The van der Waals surface area contributed by atoms with Gasteiger partial charge in [0.25, 0.3) is 0 Å². The zero-order valence-electron chi connectivity index (χ0n) is 23.9. The second-order valence-corrected chi connectivity index (χ2v) is 12.6. The van der Waals surface area contributed by atoms with Crippen LogP contribution in [0.5, 0.6) is 5.75 Å². The maximum atomic E-state index is 15.9. The van der Waals surface area contributed by atoms with Crippen LogP contribution in [-0.2, 0) is 6.42 Å². The second kappa shape index (κ2) is 11.6. The van der Waals surface area contributed by atoms with E-state index >= 15 is 8.78 Å². The number of aromatic hydroxyl groups is 1. The topological polar surface area (TPSA) is 30.0 Å². The number of halogens is 5. The molecule has 2 saturated heterocycles. The molecule has 4 nitrogen and oxygen atoms in total. The van der Waals surface area contributed by atoms with Crippen molar-refractivity contribution in [2.75, 3.05) is 44.2 Å². The molecule has 3 aliphatic rings. The van der Waals surface area contributed by atoms with Crippen molar-refractivity contribution in [1.82, 2.24) is 9.80 Å². The fourth-order valence-electron chi connectivity index (χ4n) is 7.39. The van der Waals surface area contributed by atoms with E-state index in [0.29, 0.717) is 29.9 Å². The number of benzene rings is 2. The fourth-order valence-corrected chi connectivity index (χ4v) is 7.39. The van der Waals surface area contributed by atoms with Crippen LogP contribution in [0, 0.1) is 17.0 Å². The Kier molecular flexibility index (Phi) is 8.41. The molecule has 1 unspecified atom stereocenters. The molecule has 2 aromatic carbocycles. The van der Waals surface area contributed by atoms with E-state index in [1.165, 1.54) is 30.3 Å². The highest BCUT2D eigenvalue weighted by Crippen LogP contribution is 2.45. The van der Waals surface area contributed by atoms with Gasteiger partial charge in [-0.15, -0.1) is 0 Å². The number of phenols is 1. The van der Waals surface area contributed by atoms with Crippen LogP contribution in [0.25, 0.3) is 0 Å². The summed E-state index contributed by atoms with van der Waals surface area (Å²) < 4.78 is 72.7. The van der Waals surface area contributed by atoms with Crippen molar-refractivity contribution >= 4 is 5.69 Å². The minimum Gasteiger partial charge on any atom is -0.508 e. The molecule has 0 bridgehead atoms. The third-order valence-corrected chi connectivity index (χ3v) is 9.19. The lowest BCUT2D eigenvalue weighted by Gasteiger charge is -2.42. The number of hydrogen-bond donors (Lipinski definition) is 1. The van der Waals surface area contributed by atoms with Crippen molar-refractivity contribution in [1.29, 1.82) is 0 Å². The Morgan fingerprint density at radius 2 is 1.68 bits per heavy atom. The molecule has 1 spiro atoms. The van der Waals surface area contributed by atoms with Crippen molar-refractivity contribution in [2.24, 2.45) is 5.41 Å². The van der Waals surface area contributed by atoms with E-state index in [0.717, 1.165) is 62.2 Å². The highest BCUT2D eigenvalue weighted by atomic mass is 19.4. The Balaban J connectivity index is 1.41. The number of hydrogen-bond acceptors (Lipinski definition) is 4. The van der Waals surface area contributed by atoms with E-state index in [1.807, 2.05) is 11.8 Å². The van der Waals surface area contributed by atoms with Gasteiger partial charge in [0.1, 0.15) is 17.4 Å². The molecule has 0 saturated carbocycles. The molecule has 5 rings (SSSR count). The van der Waals surface area contributed by atoms with E-state index < -0.39 is 36.4 Å². The van der Waals surface area contributed by atoms with Crippen molar-refractivity contribution < 1.29 is 27.1 Å². The summed E-state index contributed by atoms with van der Waals surface area (Å²) in [5, 5.41) is 9.98. The van der Waals surface area contributed by atoms with Crippen LogP contribution in [0.15, 0.2) is 42.5 Å². The molecule has 41 heavy (non-hydrogen) atoms. The number of alkyl halides is 3. The zero-order chi connectivity index (χ0) is 29.5. The van der Waals surface area contributed by atoms with Gasteiger partial charge >= 0.3 is 6.18 Å². The summed E-state index contributed by atoms with van der Waals surface area (Å²) in [6, 6.07) is 4.99. The van der Waals surface area contributed by atoms with Gasteiger partial charge in [-0.25, -0.2) is 8.78 Å². The van der Waals surface area contributed by atoms with Crippen molar-refractivity contribution in [3.8, 4) is 5.75 Å². The van der Waals surface area contributed by atoms with Crippen LogP contribution in [0.1, 0.15) is 68.7 Å². The third kappa shape index (κ3) is 6.56. The van der Waals surface area contributed by atoms with Crippen molar-refractivity contribution in [2.45, 2.75) is 70.6 Å². The lowest BCUT2D eigenvalue weighted by Crippen LogP contribution is -2.47. The van der Waals surface area contributed by atoms with Crippen LogP contribution >= 0.6 is 0 Å². The molecule has 0 aliphatic carbocycles. The number of rotatable bonds is 5. The molecule has 2 aromatic rings. The van der Waals surface area contributed by atoms with Gasteiger partial charge in [0.05, 0.1) is 12.6 Å². The van der Waals surface area contributed by atoms with Crippen LogP contribution in [0.4, 0.5) is 27.6 Å². The molecular weight excluding hydrogens is 537 g/mol. The number of phenolic OH excluding ortho intramolecular Hbond substituents is 1. The number of fused-ring (bicyclic) bond motifs is 1. The normalized spacial score (nSPS) is 23.8. The zero-order valence-corrected chi connectivity index (χ0v) is 23.9. The number of anilines is 1. The highest BCUT2D eigenvalue weighted by Gasteiger charge is 2.43. The van der Waals surface area contributed by atoms with Gasteiger partial charge in [0, 0.05) is 36.9 Å². The van der Waals surface area contributed by atoms with E-state index in [4.69, 9.17) is 0 Å². The van der Waals surface area contributed by atoms with E-state index in [1.54, 1.807) is 6.92 Å². The molecule has 0 aromatic heterocycles. The van der Waals surface area contributed by atoms with Crippen LogP contribution in [0.3, 0.4) is 0 Å². The van der Waals surface area contributed by atoms with Crippen molar-refractivity contribution in [3.63, 3.8) is 0 Å². The fraction of sp³-hybridized carbons (Fsp3) is 0.562. The molecule has 0 amide bonds. The first kappa shape index (κ1) is 29.8. The predicted octanol–water partition coefficient (Wildman–Crippen LogP) is 7.22. The number of likely N-dealkylation sites (tertiary alicyclic amines) is 1. The summed E-state index contributed by atoms with van der Waals surface area (Å²) >= 11 is 0. The first-order valence-electron chi connectivity index (χ1n) is 14.6. The molecule has 3 aliphatic heterocycles. The summed E-state index contributed by atoms with van der Waals surface area (Å²) in [5.41, 5.74) is 2.29. The molecule has 3 heterocycles. The van der Waals surface area contributed by atoms with E-state index in [9.17, 15) is 18.3 Å². The molecule has 2 fully saturated rings. The molecule has 224 valence electrons. The summed E-state index contributed by atoms with van der Waals surface area (Å²) in [5.74, 6) is -1.73. The van der Waals surface area contributed by atoms with Crippen LogP contribution in [0.2, 0.25) is 0 Å². The summed E-state index contributed by atoms with van der Waals surface area (Å²) in [6.07, 6.45) is 0.869. The Hall–Kier alpha value is -2.65. The first-order chi connectivity index (χ1) is 19.3. The Bertz CT molecular complexity index is 1250. The van der Waals surface area contributed by atoms with Crippen LogP contribution < -0.4 is 4.90 Å². The number of nitrogens with zero attached hydrogens (tertiary/aromatic N) is 3. The summed E-state index contributed by atoms with van der Waals surface area (Å²) in [6.45, 7) is 10.8. The van der Waals surface area contributed by atoms with Gasteiger partial charge < -0.3 is 10.0 Å². The van der Waals surface area contributed by atoms with Gasteiger partial charge in [-0.2, -0.15) is 13.2 Å². The SMILES string of the molecule is C=C(C)CN1CCCC2(CCC1)CCN(c1cc(F)c(C3c4ccc(O)cc4C[C@@H](C)N3CC(F)(F)F)c(F)c1)C2. The quantitative estimate of drug-likeness (QED) is 0.300. The molecular formula is C32H40F5N3O. The molecule has 1 N–H and O–H groups in total. The summed E-state index contributed by atoms with van der Waals surface area (Å²) in [7, 11) is 0. The van der Waals surface area contributed by atoms with Gasteiger partial charge in [-0.1, -0.05) is 18.2 Å².